The van der Waals surface area contributed by atoms with Crippen LogP contribution in [0.15, 0.2) is 83.8 Å². The number of carbonyl (C=O) groups excluding carboxylic acids is 1. The Morgan fingerprint density at radius 2 is 1.57 bits per heavy atom. The first-order valence-electron chi connectivity index (χ1n) is 8.87. The number of rotatable bonds is 7. The fourth-order valence-corrected chi connectivity index (χ4v) is 4.13. The quantitative estimate of drug-likeness (QED) is 0.421. The van der Waals surface area contributed by atoms with E-state index in [4.69, 9.17) is 4.74 Å². The Morgan fingerprint density at radius 1 is 0.967 bits per heavy atom. The highest BCUT2D eigenvalue weighted by molar-refractivity contribution is 7.93. The zero-order valence-electron chi connectivity index (χ0n) is 16.0. The second-order valence-electron chi connectivity index (χ2n) is 6.33. The lowest BCUT2D eigenvalue weighted by Crippen LogP contribution is -2.40. The molecule has 3 aromatic rings. The van der Waals surface area contributed by atoms with Gasteiger partial charge in [-0.3, -0.25) is 14.9 Å². The van der Waals surface area contributed by atoms with Gasteiger partial charge in [0.15, 0.2) is 12.4 Å². The molecule has 9 heteroatoms. The number of anilines is 1. The normalized spacial score (nSPS) is 11.0. The minimum atomic E-state index is -4.23. The van der Waals surface area contributed by atoms with Gasteiger partial charge in [0.1, 0.15) is 0 Å². The Morgan fingerprint density at radius 3 is 2.20 bits per heavy atom. The lowest BCUT2D eigenvalue weighted by molar-refractivity contribution is -0.385. The lowest BCUT2D eigenvalue weighted by atomic mass is 10.2. The van der Waals surface area contributed by atoms with Crippen molar-refractivity contribution < 1.29 is 22.9 Å². The predicted octanol–water partition coefficient (Wildman–Crippen LogP) is 3.70. The molecule has 0 heterocycles. The van der Waals surface area contributed by atoms with E-state index in [-0.39, 0.29) is 22.0 Å². The standard InChI is InChI=1S/C21H18N2O6S/c1-16-11-13-18(14-12-16)30(27,28)22(17-7-3-2-4-8-17)21(24)15-29-20-10-6-5-9-19(20)23(25)26/h2-14H,15H2,1H3. The van der Waals surface area contributed by atoms with E-state index in [1.165, 1.54) is 48.5 Å². The zero-order valence-corrected chi connectivity index (χ0v) is 16.8. The number of sulfonamides is 1. The monoisotopic (exact) mass is 426 g/mol. The number of amides is 1. The van der Waals surface area contributed by atoms with E-state index in [9.17, 15) is 23.3 Å². The van der Waals surface area contributed by atoms with Crippen LogP contribution in [0.25, 0.3) is 0 Å². The third kappa shape index (κ3) is 4.47. The molecule has 0 saturated heterocycles. The molecule has 0 unspecified atom stereocenters. The Hall–Kier alpha value is -3.72. The van der Waals surface area contributed by atoms with Crippen molar-refractivity contribution in [2.24, 2.45) is 0 Å². The van der Waals surface area contributed by atoms with Gasteiger partial charge in [-0.05, 0) is 37.3 Å². The third-order valence-corrected chi connectivity index (χ3v) is 5.95. The minimum Gasteiger partial charge on any atom is -0.477 e. The van der Waals surface area contributed by atoms with Crippen LogP contribution in [0.1, 0.15) is 5.56 Å². The summed E-state index contributed by atoms with van der Waals surface area (Å²) in [4.78, 5) is 23.4. The van der Waals surface area contributed by atoms with Crippen molar-refractivity contribution in [1.82, 2.24) is 0 Å². The largest absolute Gasteiger partial charge is 0.477 e. The molecule has 30 heavy (non-hydrogen) atoms. The average Bonchev–Trinajstić information content (AvgIpc) is 2.73. The van der Waals surface area contributed by atoms with E-state index in [1.54, 1.807) is 30.3 Å². The summed E-state index contributed by atoms with van der Waals surface area (Å²) in [5.74, 6) is -1.02. The maximum Gasteiger partial charge on any atom is 0.310 e. The fourth-order valence-electron chi connectivity index (χ4n) is 2.72. The van der Waals surface area contributed by atoms with Crippen LogP contribution in [-0.2, 0) is 14.8 Å². The smallest absolute Gasteiger partial charge is 0.310 e. The Balaban J connectivity index is 1.95. The summed E-state index contributed by atoms with van der Waals surface area (Å²) in [5, 5.41) is 11.1. The van der Waals surface area contributed by atoms with Crippen LogP contribution in [0.2, 0.25) is 0 Å². The summed E-state index contributed by atoms with van der Waals surface area (Å²) in [6.45, 7) is 1.11. The number of hydrogen-bond acceptors (Lipinski definition) is 6. The van der Waals surface area contributed by atoms with Gasteiger partial charge in [-0.15, -0.1) is 0 Å². The number of carbonyl (C=O) groups is 1. The number of nitro groups is 1. The number of benzene rings is 3. The molecule has 0 bridgehead atoms. The van der Waals surface area contributed by atoms with Gasteiger partial charge in [-0.1, -0.05) is 48.0 Å². The van der Waals surface area contributed by atoms with Crippen LogP contribution < -0.4 is 9.04 Å². The molecule has 0 saturated carbocycles. The highest BCUT2D eigenvalue weighted by Crippen LogP contribution is 2.27. The highest BCUT2D eigenvalue weighted by atomic mass is 32.2. The molecule has 0 aromatic heterocycles. The molecular weight excluding hydrogens is 408 g/mol. The lowest BCUT2D eigenvalue weighted by Gasteiger charge is -2.22. The maximum absolute atomic E-state index is 13.2. The van der Waals surface area contributed by atoms with Gasteiger partial charge in [0.05, 0.1) is 15.5 Å². The van der Waals surface area contributed by atoms with Crippen molar-refractivity contribution in [3.8, 4) is 5.75 Å². The molecule has 1 amide bonds. The molecule has 3 rings (SSSR count). The minimum absolute atomic E-state index is 0.0593. The Labute approximate surface area is 173 Å². The number of hydrogen-bond donors (Lipinski definition) is 0. The fraction of sp³-hybridized carbons (Fsp3) is 0.0952. The molecule has 0 spiro atoms. The van der Waals surface area contributed by atoms with Gasteiger partial charge in [0, 0.05) is 6.07 Å². The molecule has 0 aliphatic heterocycles. The number of ether oxygens (including phenoxy) is 1. The zero-order chi connectivity index (χ0) is 21.7. The van der Waals surface area contributed by atoms with Crippen LogP contribution >= 0.6 is 0 Å². The molecule has 0 radical (unpaired) electrons. The van der Waals surface area contributed by atoms with Gasteiger partial charge in [0.2, 0.25) is 0 Å². The molecule has 154 valence electrons. The summed E-state index contributed by atoms with van der Waals surface area (Å²) < 4.78 is 32.4. The summed E-state index contributed by atoms with van der Waals surface area (Å²) in [6.07, 6.45) is 0. The van der Waals surface area contributed by atoms with Crippen molar-refractivity contribution in [2.75, 3.05) is 10.9 Å². The van der Waals surface area contributed by atoms with Crippen LogP contribution in [0.5, 0.6) is 5.75 Å². The second kappa shape index (κ2) is 8.75. The maximum atomic E-state index is 13.2. The van der Waals surface area contributed by atoms with Crippen molar-refractivity contribution in [2.45, 2.75) is 11.8 Å². The van der Waals surface area contributed by atoms with Crippen LogP contribution in [-0.4, -0.2) is 25.9 Å². The summed E-state index contributed by atoms with van der Waals surface area (Å²) in [7, 11) is -4.23. The van der Waals surface area contributed by atoms with E-state index in [0.29, 0.717) is 4.31 Å². The molecule has 0 fully saturated rings. The summed E-state index contributed by atoms with van der Waals surface area (Å²) in [5.41, 5.74) is 0.679. The van der Waals surface area contributed by atoms with E-state index >= 15 is 0 Å². The molecule has 0 aliphatic rings. The van der Waals surface area contributed by atoms with Gasteiger partial charge in [0.25, 0.3) is 15.9 Å². The Bertz CT molecular complexity index is 1160. The molecule has 0 N–H and O–H groups in total. The van der Waals surface area contributed by atoms with Gasteiger partial charge in [-0.2, -0.15) is 4.31 Å². The number of nitrogens with zero attached hydrogens (tertiary/aromatic N) is 2. The molecule has 0 atom stereocenters. The van der Waals surface area contributed by atoms with E-state index in [2.05, 4.69) is 0 Å². The van der Waals surface area contributed by atoms with E-state index < -0.39 is 27.5 Å². The van der Waals surface area contributed by atoms with Crippen molar-refractivity contribution >= 4 is 27.3 Å². The number of aryl methyl sites for hydroxylation is 1. The van der Waals surface area contributed by atoms with E-state index in [0.717, 1.165) is 5.56 Å². The van der Waals surface area contributed by atoms with Gasteiger partial charge >= 0.3 is 5.69 Å². The van der Waals surface area contributed by atoms with Crippen molar-refractivity contribution in [1.29, 1.82) is 0 Å². The third-order valence-electron chi connectivity index (χ3n) is 4.19. The molecule has 3 aromatic carbocycles. The second-order valence-corrected chi connectivity index (χ2v) is 8.11. The van der Waals surface area contributed by atoms with Crippen molar-refractivity contribution in [3.63, 3.8) is 0 Å². The summed E-state index contributed by atoms with van der Waals surface area (Å²) in [6, 6.07) is 19.5. The van der Waals surface area contributed by atoms with Crippen LogP contribution in [0.3, 0.4) is 0 Å². The van der Waals surface area contributed by atoms with Gasteiger partial charge in [-0.25, -0.2) is 8.42 Å². The van der Waals surface area contributed by atoms with Crippen LogP contribution in [0, 0.1) is 17.0 Å². The van der Waals surface area contributed by atoms with Gasteiger partial charge < -0.3 is 4.74 Å². The first-order chi connectivity index (χ1) is 14.3. The first-order valence-corrected chi connectivity index (χ1v) is 10.3. The SMILES string of the molecule is Cc1ccc(S(=O)(=O)N(C(=O)COc2ccccc2[N+](=O)[O-])c2ccccc2)cc1. The van der Waals surface area contributed by atoms with Crippen molar-refractivity contribution in [3.05, 3.63) is 94.5 Å². The number of para-hydroxylation sites is 3. The predicted molar refractivity (Wildman–Crippen MR) is 111 cm³/mol. The number of nitro benzene ring substituents is 1. The highest BCUT2D eigenvalue weighted by Gasteiger charge is 2.31. The molecule has 0 aliphatic carbocycles. The average molecular weight is 426 g/mol. The first kappa shape index (κ1) is 21.0. The topological polar surface area (TPSA) is 107 Å². The van der Waals surface area contributed by atoms with E-state index in [1.807, 2.05) is 6.92 Å². The Kier molecular flexibility index (Phi) is 6.12. The molecular formula is C21H18N2O6S. The summed E-state index contributed by atoms with van der Waals surface area (Å²) >= 11 is 0. The molecule has 8 nitrogen and oxygen atoms in total. The van der Waals surface area contributed by atoms with Crippen LogP contribution in [0.4, 0.5) is 11.4 Å².